The number of rotatable bonds is 3. The minimum Gasteiger partial charge on any atom is -0.352 e. The fraction of sp³-hybridized carbons (Fsp3) is 0.273. The van der Waals surface area contributed by atoms with Crippen LogP contribution in [0.4, 0.5) is 5.82 Å². The Balaban J connectivity index is 1.42. The number of anilines is 1. The largest absolute Gasteiger partial charge is 0.352 e. The quantitative estimate of drug-likeness (QED) is 0.706. The molecule has 0 radical (unpaired) electrons. The molecule has 1 aliphatic rings. The first-order valence-corrected chi connectivity index (χ1v) is 9.48. The fourth-order valence-corrected chi connectivity index (χ4v) is 3.45. The molecule has 28 heavy (non-hydrogen) atoms. The zero-order valence-electron chi connectivity index (χ0n) is 16.2. The van der Waals surface area contributed by atoms with Gasteiger partial charge in [-0.1, -0.05) is 18.2 Å². The molecule has 1 aliphatic heterocycles. The molecule has 0 N–H and O–H groups in total. The minimum absolute atomic E-state index is 0.0688. The predicted molar refractivity (Wildman–Crippen MR) is 109 cm³/mol. The second kappa shape index (κ2) is 7.76. The van der Waals surface area contributed by atoms with Crippen LogP contribution in [0.5, 0.6) is 0 Å². The van der Waals surface area contributed by atoms with Crippen molar-refractivity contribution in [1.82, 2.24) is 19.9 Å². The molecule has 0 atom stereocenters. The molecule has 0 unspecified atom stereocenters. The molecule has 1 aromatic carbocycles. The molecule has 2 aromatic heterocycles. The molecular formula is C22H23N5O. The van der Waals surface area contributed by atoms with E-state index in [0.717, 1.165) is 41.6 Å². The average Bonchev–Trinajstić information content (AvgIpc) is 2.76. The van der Waals surface area contributed by atoms with Gasteiger partial charge in [-0.2, -0.15) is 0 Å². The Morgan fingerprint density at radius 1 is 0.929 bits per heavy atom. The number of nitrogens with zero attached hydrogens (tertiary/aromatic N) is 5. The summed E-state index contributed by atoms with van der Waals surface area (Å²) in [5, 5.41) is 0. The Bertz CT molecular complexity index is 964. The third-order valence-electron chi connectivity index (χ3n) is 5.01. The van der Waals surface area contributed by atoms with Gasteiger partial charge in [-0.3, -0.25) is 14.8 Å². The van der Waals surface area contributed by atoms with Crippen molar-refractivity contribution < 1.29 is 4.79 Å². The van der Waals surface area contributed by atoms with Crippen molar-refractivity contribution in [1.29, 1.82) is 0 Å². The summed E-state index contributed by atoms with van der Waals surface area (Å²) < 4.78 is 0. The maximum absolute atomic E-state index is 12.9. The summed E-state index contributed by atoms with van der Waals surface area (Å²) in [6.45, 7) is 6.80. The van der Waals surface area contributed by atoms with Crippen LogP contribution in [0, 0.1) is 13.8 Å². The second-order valence-corrected chi connectivity index (χ2v) is 6.99. The molecule has 3 heterocycles. The molecule has 1 saturated heterocycles. The first kappa shape index (κ1) is 18.1. The molecule has 6 nitrogen and oxygen atoms in total. The van der Waals surface area contributed by atoms with Crippen LogP contribution in [0.1, 0.15) is 21.7 Å². The number of hydrogen-bond acceptors (Lipinski definition) is 5. The highest BCUT2D eigenvalue weighted by molar-refractivity contribution is 5.94. The molecule has 3 aromatic rings. The van der Waals surface area contributed by atoms with E-state index in [4.69, 9.17) is 0 Å². The lowest BCUT2D eigenvalue weighted by Crippen LogP contribution is -2.49. The molecule has 0 spiro atoms. The van der Waals surface area contributed by atoms with E-state index in [0.29, 0.717) is 18.7 Å². The van der Waals surface area contributed by atoms with Gasteiger partial charge in [0, 0.05) is 49.7 Å². The highest BCUT2D eigenvalue weighted by atomic mass is 16.2. The van der Waals surface area contributed by atoms with Gasteiger partial charge in [0.1, 0.15) is 5.82 Å². The second-order valence-electron chi connectivity index (χ2n) is 6.99. The molecule has 6 heteroatoms. The standard InChI is InChI=1S/C22H23N5O/c1-16-15-24-17(2)21(25-16)26-11-13-27(14-12-26)22(28)19-8-6-18(7-9-19)20-5-3-4-10-23-20/h3-10,15H,11-14H2,1-2H3. The summed E-state index contributed by atoms with van der Waals surface area (Å²) in [5.74, 6) is 0.992. The fourth-order valence-electron chi connectivity index (χ4n) is 3.45. The highest BCUT2D eigenvalue weighted by Crippen LogP contribution is 2.20. The topological polar surface area (TPSA) is 62.2 Å². The maximum atomic E-state index is 12.9. The zero-order valence-corrected chi connectivity index (χ0v) is 16.2. The van der Waals surface area contributed by atoms with Crippen LogP contribution >= 0.6 is 0 Å². The lowest BCUT2D eigenvalue weighted by atomic mass is 10.1. The lowest BCUT2D eigenvalue weighted by Gasteiger charge is -2.36. The number of benzene rings is 1. The van der Waals surface area contributed by atoms with Crippen LogP contribution in [0.3, 0.4) is 0 Å². The Hall–Kier alpha value is -3.28. The van der Waals surface area contributed by atoms with E-state index in [1.165, 1.54) is 0 Å². The van der Waals surface area contributed by atoms with Gasteiger partial charge >= 0.3 is 0 Å². The Morgan fingerprint density at radius 3 is 2.36 bits per heavy atom. The predicted octanol–water partition coefficient (Wildman–Crippen LogP) is 3.12. The SMILES string of the molecule is Cc1cnc(C)c(N2CCN(C(=O)c3ccc(-c4ccccn4)cc3)CC2)n1. The normalized spacial score (nSPS) is 14.2. The summed E-state index contributed by atoms with van der Waals surface area (Å²) in [7, 11) is 0. The molecular weight excluding hydrogens is 350 g/mol. The first-order valence-electron chi connectivity index (χ1n) is 9.48. The molecule has 1 fully saturated rings. The van der Waals surface area contributed by atoms with Crippen molar-refractivity contribution in [2.24, 2.45) is 0 Å². The average molecular weight is 373 g/mol. The van der Waals surface area contributed by atoms with E-state index in [-0.39, 0.29) is 5.91 Å². The van der Waals surface area contributed by atoms with Crippen molar-refractivity contribution in [3.05, 3.63) is 71.8 Å². The van der Waals surface area contributed by atoms with Gasteiger partial charge in [-0.25, -0.2) is 4.98 Å². The number of hydrogen-bond donors (Lipinski definition) is 0. The lowest BCUT2D eigenvalue weighted by molar-refractivity contribution is 0.0746. The molecule has 4 rings (SSSR count). The molecule has 0 saturated carbocycles. The van der Waals surface area contributed by atoms with Gasteiger partial charge in [0.2, 0.25) is 0 Å². The smallest absolute Gasteiger partial charge is 0.253 e. The van der Waals surface area contributed by atoms with Crippen LogP contribution in [0.2, 0.25) is 0 Å². The van der Waals surface area contributed by atoms with Crippen LogP contribution in [-0.4, -0.2) is 51.9 Å². The number of carbonyl (C=O) groups excluding carboxylic acids is 1. The minimum atomic E-state index is 0.0688. The number of aryl methyl sites for hydroxylation is 2. The van der Waals surface area contributed by atoms with Crippen LogP contribution in [0.15, 0.2) is 54.9 Å². The van der Waals surface area contributed by atoms with Crippen molar-refractivity contribution in [3.63, 3.8) is 0 Å². The van der Waals surface area contributed by atoms with Crippen LogP contribution in [0.25, 0.3) is 11.3 Å². The van der Waals surface area contributed by atoms with E-state index >= 15 is 0 Å². The Labute approximate surface area is 164 Å². The maximum Gasteiger partial charge on any atom is 0.253 e. The highest BCUT2D eigenvalue weighted by Gasteiger charge is 2.24. The van der Waals surface area contributed by atoms with Gasteiger partial charge in [-0.05, 0) is 38.1 Å². The van der Waals surface area contributed by atoms with Gasteiger partial charge < -0.3 is 9.80 Å². The van der Waals surface area contributed by atoms with Crippen molar-refractivity contribution >= 4 is 11.7 Å². The van der Waals surface area contributed by atoms with E-state index in [2.05, 4.69) is 19.9 Å². The number of carbonyl (C=O) groups is 1. The molecule has 1 amide bonds. The summed E-state index contributed by atoms with van der Waals surface area (Å²) in [6, 6.07) is 13.5. The van der Waals surface area contributed by atoms with E-state index in [1.54, 1.807) is 12.4 Å². The number of aromatic nitrogens is 3. The Kier molecular flexibility index (Phi) is 5.02. The van der Waals surface area contributed by atoms with Gasteiger partial charge in [-0.15, -0.1) is 0 Å². The molecule has 0 aliphatic carbocycles. The molecule has 142 valence electrons. The third kappa shape index (κ3) is 3.71. The summed E-state index contributed by atoms with van der Waals surface area (Å²) in [6.07, 6.45) is 3.56. The monoisotopic (exact) mass is 373 g/mol. The Morgan fingerprint density at radius 2 is 1.68 bits per heavy atom. The summed E-state index contributed by atoms with van der Waals surface area (Å²) >= 11 is 0. The van der Waals surface area contributed by atoms with E-state index in [9.17, 15) is 4.79 Å². The number of pyridine rings is 1. The van der Waals surface area contributed by atoms with Crippen molar-refractivity contribution in [2.75, 3.05) is 31.1 Å². The zero-order chi connectivity index (χ0) is 19.5. The van der Waals surface area contributed by atoms with Crippen molar-refractivity contribution in [2.45, 2.75) is 13.8 Å². The van der Waals surface area contributed by atoms with Gasteiger partial charge in [0.05, 0.1) is 17.1 Å². The van der Waals surface area contributed by atoms with Gasteiger partial charge in [0.15, 0.2) is 0 Å². The van der Waals surface area contributed by atoms with Gasteiger partial charge in [0.25, 0.3) is 5.91 Å². The van der Waals surface area contributed by atoms with Crippen molar-refractivity contribution in [3.8, 4) is 11.3 Å². The third-order valence-corrected chi connectivity index (χ3v) is 5.01. The van der Waals surface area contributed by atoms with E-state index < -0.39 is 0 Å². The summed E-state index contributed by atoms with van der Waals surface area (Å²) in [4.78, 5) is 30.4. The number of amides is 1. The van der Waals surface area contributed by atoms with E-state index in [1.807, 2.05) is 61.2 Å². The number of piperazine rings is 1. The molecule has 0 bridgehead atoms. The van der Waals surface area contributed by atoms with Crippen LogP contribution in [-0.2, 0) is 0 Å². The van der Waals surface area contributed by atoms with Crippen LogP contribution < -0.4 is 4.90 Å². The summed E-state index contributed by atoms with van der Waals surface area (Å²) in [5.41, 5.74) is 4.46. The first-order chi connectivity index (χ1) is 13.6.